The van der Waals surface area contributed by atoms with E-state index < -0.39 is 0 Å². The summed E-state index contributed by atoms with van der Waals surface area (Å²) in [5, 5.41) is 3.33. The molecule has 100 valence electrons. The number of pyridine rings is 1. The van der Waals surface area contributed by atoms with Crippen LogP contribution in [0.4, 0.5) is 5.82 Å². The Bertz CT molecular complexity index is 456. The molecule has 1 heterocycles. The van der Waals surface area contributed by atoms with E-state index in [2.05, 4.69) is 52.6 Å². The predicted octanol–water partition coefficient (Wildman–Crippen LogP) is 3.02. The molecule has 0 radical (unpaired) electrons. The van der Waals surface area contributed by atoms with E-state index in [-0.39, 0.29) is 0 Å². The smallest absolute Gasteiger partial charge is 0.125 e. The van der Waals surface area contributed by atoms with Crippen molar-refractivity contribution in [2.45, 2.75) is 13.0 Å². The van der Waals surface area contributed by atoms with Crippen LogP contribution < -0.4 is 5.32 Å². The maximum Gasteiger partial charge on any atom is 0.125 e. The van der Waals surface area contributed by atoms with Crippen molar-refractivity contribution in [3.05, 3.63) is 60.3 Å². The van der Waals surface area contributed by atoms with E-state index in [1.165, 1.54) is 5.56 Å². The van der Waals surface area contributed by atoms with Crippen LogP contribution in [0.25, 0.3) is 0 Å². The van der Waals surface area contributed by atoms with Crippen LogP contribution in [0.15, 0.2) is 54.7 Å². The molecule has 3 heteroatoms. The van der Waals surface area contributed by atoms with Gasteiger partial charge in [0.25, 0.3) is 0 Å². The van der Waals surface area contributed by atoms with E-state index >= 15 is 0 Å². The van der Waals surface area contributed by atoms with Crippen LogP contribution in [0.3, 0.4) is 0 Å². The Kier molecular flexibility index (Phi) is 5.38. The first-order valence-corrected chi connectivity index (χ1v) is 6.72. The van der Waals surface area contributed by atoms with Gasteiger partial charge in [0.05, 0.1) is 0 Å². The summed E-state index contributed by atoms with van der Waals surface area (Å²) in [5.41, 5.74) is 1.36. The Labute approximate surface area is 115 Å². The summed E-state index contributed by atoms with van der Waals surface area (Å²) in [6, 6.07) is 16.5. The van der Waals surface area contributed by atoms with Crippen molar-refractivity contribution < 1.29 is 0 Å². The molecule has 1 aromatic carbocycles. The maximum atomic E-state index is 4.24. The number of nitrogens with zero attached hydrogens (tertiary/aromatic N) is 2. The lowest BCUT2D eigenvalue weighted by Gasteiger charge is -2.16. The molecule has 0 aliphatic rings. The molecule has 0 aliphatic carbocycles. The second kappa shape index (κ2) is 7.54. The molecule has 0 aliphatic heterocycles. The lowest BCUT2D eigenvalue weighted by Crippen LogP contribution is -2.21. The van der Waals surface area contributed by atoms with Crippen LogP contribution in [-0.2, 0) is 6.54 Å². The molecule has 0 amide bonds. The Morgan fingerprint density at radius 2 is 1.84 bits per heavy atom. The molecular formula is C16H21N3. The molecular weight excluding hydrogens is 234 g/mol. The highest BCUT2D eigenvalue weighted by Gasteiger charge is 1.99. The highest BCUT2D eigenvalue weighted by molar-refractivity contribution is 5.32. The maximum absolute atomic E-state index is 4.24. The van der Waals surface area contributed by atoms with Crippen molar-refractivity contribution >= 4 is 5.82 Å². The lowest BCUT2D eigenvalue weighted by molar-refractivity contribution is 0.325. The predicted molar refractivity (Wildman–Crippen MR) is 80.1 cm³/mol. The fourth-order valence-corrected chi connectivity index (χ4v) is 2.01. The molecule has 1 N–H and O–H groups in total. The zero-order valence-electron chi connectivity index (χ0n) is 11.4. The van der Waals surface area contributed by atoms with Gasteiger partial charge in [0.2, 0.25) is 0 Å². The third-order valence-corrected chi connectivity index (χ3v) is 2.98. The van der Waals surface area contributed by atoms with Gasteiger partial charge in [-0.25, -0.2) is 4.98 Å². The van der Waals surface area contributed by atoms with Crippen molar-refractivity contribution in [1.82, 2.24) is 9.88 Å². The number of hydrogen-bond donors (Lipinski definition) is 1. The quantitative estimate of drug-likeness (QED) is 0.771. The van der Waals surface area contributed by atoms with E-state index in [0.717, 1.165) is 31.9 Å². The Balaban J connectivity index is 1.63. The van der Waals surface area contributed by atoms with Crippen LogP contribution in [0, 0.1) is 0 Å². The van der Waals surface area contributed by atoms with Gasteiger partial charge in [-0.05, 0) is 37.7 Å². The Hall–Kier alpha value is -1.87. The zero-order valence-corrected chi connectivity index (χ0v) is 11.4. The summed E-state index contributed by atoms with van der Waals surface area (Å²) in [5.74, 6) is 0.952. The van der Waals surface area contributed by atoms with Gasteiger partial charge < -0.3 is 10.2 Å². The van der Waals surface area contributed by atoms with Crippen LogP contribution in [0.2, 0.25) is 0 Å². The van der Waals surface area contributed by atoms with E-state index in [1.54, 1.807) is 0 Å². The number of nitrogens with one attached hydrogen (secondary N) is 1. The third kappa shape index (κ3) is 5.10. The van der Waals surface area contributed by atoms with Crippen LogP contribution in [0.1, 0.15) is 12.0 Å². The highest BCUT2D eigenvalue weighted by Crippen LogP contribution is 2.03. The molecule has 0 saturated heterocycles. The number of benzene rings is 1. The normalized spacial score (nSPS) is 10.6. The van der Waals surface area contributed by atoms with Gasteiger partial charge in [-0.3, -0.25) is 0 Å². The van der Waals surface area contributed by atoms with Crippen molar-refractivity contribution in [3.63, 3.8) is 0 Å². The van der Waals surface area contributed by atoms with E-state index in [9.17, 15) is 0 Å². The molecule has 19 heavy (non-hydrogen) atoms. The number of anilines is 1. The van der Waals surface area contributed by atoms with Gasteiger partial charge >= 0.3 is 0 Å². The number of rotatable bonds is 7. The number of aromatic nitrogens is 1. The van der Waals surface area contributed by atoms with E-state index in [0.29, 0.717) is 0 Å². The fourth-order valence-electron chi connectivity index (χ4n) is 2.01. The minimum Gasteiger partial charge on any atom is -0.370 e. The molecule has 0 bridgehead atoms. The van der Waals surface area contributed by atoms with Crippen molar-refractivity contribution in [2.24, 2.45) is 0 Å². The monoisotopic (exact) mass is 255 g/mol. The molecule has 3 nitrogen and oxygen atoms in total. The van der Waals surface area contributed by atoms with Gasteiger partial charge in [-0.1, -0.05) is 36.4 Å². The molecule has 1 aromatic heterocycles. The highest BCUT2D eigenvalue weighted by atomic mass is 15.1. The largest absolute Gasteiger partial charge is 0.370 e. The molecule has 2 rings (SSSR count). The minimum atomic E-state index is 0.952. The molecule has 0 atom stereocenters. The molecule has 0 spiro atoms. The van der Waals surface area contributed by atoms with Gasteiger partial charge in [0, 0.05) is 19.3 Å². The zero-order chi connectivity index (χ0) is 13.3. The van der Waals surface area contributed by atoms with Crippen molar-refractivity contribution in [1.29, 1.82) is 0 Å². The first kappa shape index (κ1) is 13.6. The topological polar surface area (TPSA) is 28.2 Å². The SMILES string of the molecule is CN(CCCNc1ccccn1)Cc1ccccc1. The second-order valence-corrected chi connectivity index (χ2v) is 4.72. The third-order valence-electron chi connectivity index (χ3n) is 2.98. The number of hydrogen-bond acceptors (Lipinski definition) is 3. The first-order valence-electron chi connectivity index (χ1n) is 6.72. The van der Waals surface area contributed by atoms with Gasteiger partial charge in [0.15, 0.2) is 0 Å². The van der Waals surface area contributed by atoms with Crippen LogP contribution >= 0.6 is 0 Å². The van der Waals surface area contributed by atoms with Gasteiger partial charge in [-0.15, -0.1) is 0 Å². The minimum absolute atomic E-state index is 0.952. The van der Waals surface area contributed by atoms with Crippen molar-refractivity contribution in [3.8, 4) is 0 Å². The Morgan fingerprint density at radius 3 is 2.58 bits per heavy atom. The second-order valence-electron chi connectivity index (χ2n) is 4.72. The first-order chi connectivity index (χ1) is 9.34. The van der Waals surface area contributed by atoms with Gasteiger partial charge in [-0.2, -0.15) is 0 Å². The molecule has 0 fully saturated rings. The Morgan fingerprint density at radius 1 is 1.05 bits per heavy atom. The molecule has 0 unspecified atom stereocenters. The summed E-state index contributed by atoms with van der Waals surface area (Å²) in [4.78, 5) is 6.58. The van der Waals surface area contributed by atoms with E-state index in [4.69, 9.17) is 0 Å². The fraction of sp³-hybridized carbons (Fsp3) is 0.312. The van der Waals surface area contributed by atoms with Crippen LogP contribution in [0.5, 0.6) is 0 Å². The van der Waals surface area contributed by atoms with E-state index in [1.807, 2.05) is 24.4 Å². The van der Waals surface area contributed by atoms with Crippen LogP contribution in [-0.4, -0.2) is 30.0 Å². The molecule has 2 aromatic rings. The summed E-state index contributed by atoms with van der Waals surface area (Å²) in [7, 11) is 2.16. The standard InChI is InChI=1S/C16H21N3/c1-19(14-15-8-3-2-4-9-15)13-7-12-18-16-10-5-6-11-17-16/h2-6,8-11H,7,12-14H2,1H3,(H,17,18). The summed E-state index contributed by atoms with van der Waals surface area (Å²) in [6.07, 6.45) is 2.92. The van der Waals surface area contributed by atoms with Gasteiger partial charge in [0.1, 0.15) is 5.82 Å². The average molecular weight is 255 g/mol. The lowest BCUT2D eigenvalue weighted by atomic mass is 10.2. The summed E-state index contributed by atoms with van der Waals surface area (Å²) >= 11 is 0. The summed E-state index contributed by atoms with van der Waals surface area (Å²) in [6.45, 7) is 3.04. The molecule has 0 saturated carbocycles. The van der Waals surface area contributed by atoms with Crippen molar-refractivity contribution in [2.75, 3.05) is 25.5 Å². The summed E-state index contributed by atoms with van der Waals surface area (Å²) < 4.78 is 0. The average Bonchev–Trinajstić information content (AvgIpc) is 2.46.